The Hall–Kier alpha value is -3.85. The van der Waals surface area contributed by atoms with E-state index in [4.69, 9.17) is 9.15 Å². The number of hydrogen-bond acceptors (Lipinski definition) is 7. The smallest absolute Gasteiger partial charge is 0.272 e. The molecule has 0 bridgehead atoms. The molecule has 4 rings (SSSR count). The SMILES string of the molecule is CCOc1ccc(N2C(=O)C(SCc3ccco3)=C(c3ccc([N+](=O)[O-])cc3)C2=O)cc1. The minimum atomic E-state index is -0.515. The van der Waals surface area contributed by atoms with E-state index >= 15 is 0 Å². The molecule has 1 aliphatic heterocycles. The monoisotopic (exact) mass is 450 g/mol. The lowest BCUT2D eigenvalue weighted by molar-refractivity contribution is -0.384. The molecule has 0 saturated carbocycles. The van der Waals surface area contributed by atoms with Crippen molar-refractivity contribution >= 4 is 40.5 Å². The molecule has 2 heterocycles. The third kappa shape index (κ3) is 4.15. The molecule has 3 aromatic rings. The highest BCUT2D eigenvalue weighted by Crippen LogP contribution is 2.40. The average Bonchev–Trinajstić information content (AvgIpc) is 3.39. The van der Waals surface area contributed by atoms with Crippen molar-refractivity contribution in [2.75, 3.05) is 11.5 Å². The molecule has 0 spiro atoms. The van der Waals surface area contributed by atoms with Crippen molar-refractivity contribution in [3.05, 3.63) is 93.3 Å². The molecule has 2 amide bonds. The van der Waals surface area contributed by atoms with E-state index in [9.17, 15) is 19.7 Å². The normalized spacial score (nSPS) is 13.7. The largest absolute Gasteiger partial charge is 0.494 e. The van der Waals surface area contributed by atoms with Gasteiger partial charge in [0.15, 0.2) is 0 Å². The summed E-state index contributed by atoms with van der Waals surface area (Å²) in [6, 6.07) is 15.8. The van der Waals surface area contributed by atoms with Crippen LogP contribution in [0, 0.1) is 10.1 Å². The molecule has 9 heteroatoms. The van der Waals surface area contributed by atoms with Crippen LogP contribution in [0.2, 0.25) is 0 Å². The fraction of sp³-hybridized carbons (Fsp3) is 0.130. The Morgan fingerprint density at radius 2 is 1.75 bits per heavy atom. The number of ether oxygens (including phenoxy) is 1. The Morgan fingerprint density at radius 1 is 1.03 bits per heavy atom. The fourth-order valence-electron chi connectivity index (χ4n) is 3.28. The van der Waals surface area contributed by atoms with Crippen LogP contribution in [-0.4, -0.2) is 23.3 Å². The van der Waals surface area contributed by atoms with E-state index in [2.05, 4.69) is 0 Å². The predicted molar refractivity (Wildman–Crippen MR) is 120 cm³/mol. The van der Waals surface area contributed by atoms with Crippen molar-refractivity contribution in [1.82, 2.24) is 0 Å². The molecule has 0 aliphatic carbocycles. The van der Waals surface area contributed by atoms with Crippen molar-refractivity contribution in [2.45, 2.75) is 12.7 Å². The summed E-state index contributed by atoms with van der Waals surface area (Å²) in [6.07, 6.45) is 1.54. The topological polar surface area (TPSA) is 103 Å². The van der Waals surface area contributed by atoms with Crippen LogP contribution < -0.4 is 9.64 Å². The molecule has 162 valence electrons. The number of carbonyl (C=O) groups excluding carboxylic acids is 2. The van der Waals surface area contributed by atoms with Gasteiger partial charge in [0.05, 0.1) is 39.7 Å². The number of thioether (sulfide) groups is 1. The second-order valence-electron chi connectivity index (χ2n) is 6.75. The van der Waals surface area contributed by atoms with Crippen LogP contribution in [0.1, 0.15) is 18.2 Å². The summed E-state index contributed by atoms with van der Waals surface area (Å²) < 4.78 is 10.8. The zero-order valence-electron chi connectivity index (χ0n) is 17.0. The Balaban J connectivity index is 1.71. The van der Waals surface area contributed by atoms with Crippen LogP contribution >= 0.6 is 11.8 Å². The Labute approximate surface area is 187 Å². The van der Waals surface area contributed by atoms with Gasteiger partial charge in [-0.1, -0.05) is 0 Å². The Kier molecular flexibility index (Phi) is 6.09. The number of rotatable bonds is 8. The lowest BCUT2D eigenvalue weighted by atomic mass is 10.1. The number of imide groups is 1. The van der Waals surface area contributed by atoms with E-state index in [-0.39, 0.29) is 16.2 Å². The summed E-state index contributed by atoms with van der Waals surface area (Å²) >= 11 is 1.19. The number of nitrogens with zero attached hydrogens (tertiary/aromatic N) is 2. The maximum Gasteiger partial charge on any atom is 0.272 e. The fourth-order valence-corrected chi connectivity index (χ4v) is 4.29. The van der Waals surface area contributed by atoms with Gasteiger partial charge in [-0.15, -0.1) is 11.8 Å². The van der Waals surface area contributed by atoms with Crippen LogP contribution in [0.5, 0.6) is 5.75 Å². The molecule has 0 fully saturated rings. The minimum Gasteiger partial charge on any atom is -0.494 e. The van der Waals surface area contributed by atoms with E-state index in [0.717, 1.165) is 4.90 Å². The van der Waals surface area contributed by atoms with Crippen molar-refractivity contribution in [3.63, 3.8) is 0 Å². The van der Waals surface area contributed by atoms with E-state index < -0.39 is 16.7 Å². The van der Waals surface area contributed by atoms with Gasteiger partial charge in [0.25, 0.3) is 17.5 Å². The highest BCUT2D eigenvalue weighted by molar-refractivity contribution is 8.03. The maximum absolute atomic E-state index is 13.4. The molecule has 32 heavy (non-hydrogen) atoms. The van der Waals surface area contributed by atoms with Crippen molar-refractivity contribution in [3.8, 4) is 5.75 Å². The standard InChI is InChI=1S/C23H18N2O6S/c1-2-30-18-11-9-16(10-12-18)24-22(26)20(15-5-7-17(8-6-15)25(28)29)21(23(24)27)32-14-19-4-3-13-31-19/h3-13H,2,14H2,1H3. The van der Waals surface area contributed by atoms with Gasteiger partial charge in [-0.05, 0) is 61.0 Å². The van der Waals surface area contributed by atoms with Crippen LogP contribution in [0.4, 0.5) is 11.4 Å². The van der Waals surface area contributed by atoms with Gasteiger partial charge < -0.3 is 9.15 Å². The summed E-state index contributed by atoms with van der Waals surface area (Å²) in [5.41, 5.74) is 0.954. The first kappa shape index (κ1) is 21.4. The Morgan fingerprint density at radius 3 is 2.34 bits per heavy atom. The van der Waals surface area contributed by atoms with Crippen molar-refractivity contribution in [1.29, 1.82) is 0 Å². The van der Waals surface area contributed by atoms with E-state index in [1.807, 2.05) is 6.92 Å². The molecule has 0 unspecified atom stereocenters. The number of amides is 2. The predicted octanol–water partition coefficient (Wildman–Crippen LogP) is 4.80. The van der Waals surface area contributed by atoms with Gasteiger partial charge >= 0.3 is 0 Å². The molecule has 0 atom stereocenters. The number of nitro benzene ring substituents is 1. The zero-order valence-corrected chi connectivity index (χ0v) is 17.8. The summed E-state index contributed by atoms with van der Waals surface area (Å²) in [6.45, 7) is 2.37. The zero-order chi connectivity index (χ0) is 22.7. The molecule has 2 aromatic carbocycles. The molecule has 1 aromatic heterocycles. The summed E-state index contributed by atoms with van der Waals surface area (Å²) in [4.78, 5) is 38.5. The van der Waals surface area contributed by atoms with Crippen LogP contribution in [-0.2, 0) is 15.3 Å². The lowest BCUT2D eigenvalue weighted by Gasteiger charge is -2.15. The number of anilines is 1. The van der Waals surface area contributed by atoms with E-state index in [1.54, 1.807) is 36.4 Å². The molecular formula is C23H18N2O6S. The van der Waals surface area contributed by atoms with E-state index in [0.29, 0.717) is 35.1 Å². The first-order valence-corrected chi connectivity index (χ1v) is 10.7. The minimum absolute atomic E-state index is 0.0979. The van der Waals surface area contributed by atoms with E-state index in [1.165, 1.54) is 42.3 Å². The first-order chi connectivity index (χ1) is 15.5. The summed E-state index contributed by atoms with van der Waals surface area (Å²) in [7, 11) is 0. The maximum atomic E-state index is 13.4. The highest BCUT2D eigenvalue weighted by Gasteiger charge is 2.40. The average molecular weight is 450 g/mol. The molecule has 0 radical (unpaired) electrons. The first-order valence-electron chi connectivity index (χ1n) is 9.75. The van der Waals surface area contributed by atoms with Gasteiger partial charge in [-0.3, -0.25) is 19.7 Å². The molecular weight excluding hydrogens is 432 g/mol. The summed E-state index contributed by atoms with van der Waals surface area (Å²) in [5.74, 6) is 0.699. The molecule has 0 saturated heterocycles. The number of hydrogen-bond donors (Lipinski definition) is 0. The third-order valence-corrected chi connectivity index (χ3v) is 5.85. The van der Waals surface area contributed by atoms with Gasteiger partial charge in [0.1, 0.15) is 11.5 Å². The molecule has 1 aliphatic rings. The van der Waals surface area contributed by atoms with Gasteiger partial charge in [0, 0.05) is 12.1 Å². The lowest BCUT2D eigenvalue weighted by Crippen LogP contribution is -2.31. The number of carbonyl (C=O) groups is 2. The summed E-state index contributed by atoms with van der Waals surface area (Å²) in [5, 5.41) is 11.0. The van der Waals surface area contributed by atoms with Gasteiger partial charge in [-0.2, -0.15) is 0 Å². The van der Waals surface area contributed by atoms with Crippen LogP contribution in [0.25, 0.3) is 5.57 Å². The Bertz CT molecular complexity index is 1180. The highest BCUT2D eigenvalue weighted by atomic mass is 32.2. The van der Waals surface area contributed by atoms with Crippen molar-refractivity contribution in [2.24, 2.45) is 0 Å². The second kappa shape index (κ2) is 9.11. The van der Waals surface area contributed by atoms with Crippen molar-refractivity contribution < 1.29 is 23.7 Å². The number of nitro groups is 1. The van der Waals surface area contributed by atoms with Gasteiger partial charge in [-0.25, -0.2) is 4.90 Å². The number of benzene rings is 2. The second-order valence-corrected chi connectivity index (χ2v) is 7.73. The number of furan rings is 1. The van der Waals surface area contributed by atoms with Crippen LogP contribution in [0.3, 0.4) is 0 Å². The molecule has 8 nitrogen and oxygen atoms in total. The quantitative estimate of drug-likeness (QED) is 0.276. The van der Waals surface area contributed by atoms with Crippen LogP contribution in [0.15, 0.2) is 76.2 Å². The number of non-ortho nitro benzene ring substituents is 1. The third-order valence-electron chi connectivity index (χ3n) is 4.75. The van der Waals surface area contributed by atoms with Gasteiger partial charge in [0.2, 0.25) is 0 Å². The molecule has 0 N–H and O–H groups in total.